The first-order chi connectivity index (χ1) is 16.4. The number of carbonyl (C=O) groups is 2. The average molecular weight is 474 g/mol. The number of halogens is 1. The number of nitrogens with zero attached hydrogens (tertiary/aromatic N) is 1. The lowest BCUT2D eigenvalue weighted by Gasteiger charge is -2.36. The van der Waals surface area contributed by atoms with Crippen molar-refractivity contribution in [3.8, 4) is 0 Å². The SMILES string of the molecule is CC1=C(C(=O)Nc2ccc(C)cn2)[C@@H](c2ccccc2Cl)C2=C(C[C@@H](c3ccco3)CC2=O)N1. The van der Waals surface area contributed by atoms with E-state index >= 15 is 0 Å². The predicted octanol–water partition coefficient (Wildman–Crippen LogP) is 5.64. The van der Waals surface area contributed by atoms with Gasteiger partial charge in [0.15, 0.2) is 5.78 Å². The normalized spacial score (nSPS) is 20.1. The van der Waals surface area contributed by atoms with Crippen molar-refractivity contribution in [1.29, 1.82) is 0 Å². The van der Waals surface area contributed by atoms with Crippen molar-refractivity contribution < 1.29 is 14.0 Å². The Morgan fingerprint density at radius 3 is 2.65 bits per heavy atom. The fourth-order valence-electron chi connectivity index (χ4n) is 4.81. The number of anilines is 1. The molecule has 5 rings (SSSR count). The van der Waals surface area contributed by atoms with E-state index in [4.69, 9.17) is 16.0 Å². The van der Waals surface area contributed by atoms with Crippen LogP contribution in [-0.2, 0) is 9.59 Å². The van der Waals surface area contributed by atoms with Crippen LogP contribution >= 0.6 is 11.6 Å². The first kappa shape index (κ1) is 22.2. The second kappa shape index (κ2) is 8.95. The monoisotopic (exact) mass is 473 g/mol. The Kier molecular flexibility index (Phi) is 5.84. The highest BCUT2D eigenvalue weighted by atomic mass is 35.5. The minimum absolute atomic E-state index is 0.0219. The standard InChI is InChI=1S/C27H24ClN3O3/c1-15-9-10-23(29-14-15)31-27(33)24-16(2)30-20-12-17(22-8-5-11-34-22)13-21(32)26(20)25(24)18-6-3-4-7-19(18)28/h3-11,14,17,25,30H,12-13H2,1-2H3,(H,29,31,33)/t17-,25-/m1/s1. The molecule has 172 valence electrons. The summed E-state index contributed by atoms with van der Waals surface area (Å²) in [5, 5.41) is 6.76. The van der Waals surface area contributed by atoms with E-state index in [0.29, 0.717) is 40.5 Å². The number of rotatable bonds is 4. The number of furan rings is 1. The summed E-state index contributed by atoms with van der Waals surface area (Å²) < 4.78 is 5.59. The topological polar surface area (TPSA) is 84.2 Å². The molecule has 1 aliphatic carbocycles. The van der Waals surface area contributed by atoms with Crippen molar-refractivity contribution >= 4 is 29.1 Å². The number of benzene rings is 1. The van der Waals surface area contributed by atoms with Crippen molar-refractivity contribution in [3.05, 3.63) is 105 Å². The third-order valence-electron chi connectivity index (χ3n) is 6.39. The number of aryl methyl sites for hydroxylation is 1. The molecular formula is C27H24ClN3O3. The van der Waals surface area contributed by atoms with Crippen LogP contribution < -0.4 is 10.6 Å². The second-order valence-corrected chi connectivity index (χ2v) is 9.14. The largest absolute Gasteiger partial charge is 0.469 e. The lowest BCUT2D eigenvalue weighted by Crippen LogP contribution is -2.37. The Morgan fingerprint density at radius 1 is 1.12 bits per heavy atom. The number of allylic oxidation sites excluding steroid dienone is 3. The van der Waals surface area contributed by atoms with Gasteiger partial charge in [0.2, 0.25) is 0 Å². The Morgan fingerprint density at radius 2 is 1.94 bits per heavy atom. The number of hydrogen-bond donors (Lipinski definition) is 2. The number of aromatic nitrogens is 1. The molecule has 0 saturated heterocycles. The van der Waals surface area contributed by atoms with Gasteiger partial charge in [0, 0.05) is 52.0 Å². The lowest BCUT2D eigenvalue weighted by atomic mass is 9.72. The summed E-state index contributed by atoms with van der Waals surface area (Å²) in [4.78, 5) is 31.4. The second-order valence-electron chi connectivity index (χ2n) is 8.73. The summed E-state index contributed by atoms with van der Waals surface area (Å²) in [6.45, 7) is 3.79. The van der Waals surface area contributed by atoms with Crippen LogP contribution in [0.25, 0.3) is 0 Å². The van der Waals surface area contributed by atoms with Gasteiger partial charge in [-0.25, -0.2) is 4.98 Å². The molecule has 2 N–H and O–H groups in total. The fraction of sp³-hybridized carbons (Fsp3) is 0.222. The van der Waals surface area contributed by atoms with Gasteiger partial charge in [-0.1, -0.05) is 35.9 Å². The maximum absolute atomic E-state index is 13.6. The Hall–Kier alpha value is -3.64. The number of carbonyl (C=O) groups excluding carboxylic acids is 2. The molecule has 0 saturated carbocycles. The van der Waals surface area contributed by atoms with Gasteiger partial charge in [-0.2, -0.15) is 0 Å². The van der Waals surface area contributed by atoms with Gasteiger partial charge in [0.25, 0.3) is 5.91 Å². The van der Waals surface area contributed by atoms with E-state index in [2.05, 4.69) is 15.6 Å². The molecule has 3 heterocycles. The van der Waals surface area contributed by atoms with Crippen molar-refractivity contribution in [1.82, 2.24) is 10.3 Å². The highest BCUT2D eigenvalue weighted by Gasteiger charge is 2.42. The van der Waals surface area contributed by atoms with Gasteiger partial charge < -0.3 is 15.1 Å². The minimum atomic E-state index is -0.583. The Bertz CT molecular complexity index is 1320. The molecule has 2 aromatic heterocycles. The molecule has 0 spiro atoms. The van der Waals surface area contributed by atoms with Crippen molar-refractivity contribution in [3.63, 3.8) is 0 Å². The van der Waals surface area contributed by atoms with Gasteiger partial charge in [-0.3, -0.25) is 9.59 Å². The molecule has 0 fully saturated rings. The van der Waals surface area contributed by atoms with E-state index in [1.807, 2.05) is 50.2 Å². The van der Waals surface area contributed by atoms with Crippen LogP contribution in [0.1, 0.15) is 48.5 Å². The average Bonchev–Trinajstić information content (AvgIpc) is 3.35. The maximum Gasteiger partial charge on any atom is 0.255 e. The smallest absolute Gasteiger partial charge is 0.255 e. The van der Waals surface area contributed by atoms with Crippen molar-refractivity contribution in [2.45, 2.75) is 38.5 Å². The van der Waals surface area contributed by atoms with E-state index in [1.54, 1.807) is 24.6 Å². The van der Waals surface area contributed by atoms with E-state index in [9.17, 15) is 9.59 Å². The first-order valence-corrected chi connectivity index (χ1v) is 11.6. The molecule has 2 atom stereocenters. The molecule has 2 aliphatic rings. The lowest BCUT2D eigenvalue weighted by molar-refractivity contribution is -0.116. The van der Waals surface area contributed by atoms with Gasteiger partial charge in [0.05, 0.1) is 6.26 Å². The number of pyridine rings is 1. The summed E-state index contributed by atoms with van der Waals surface area (Å²) in [6, 6.07) is 14.7. The molecule has 0 bridgehead atoms. The number of nitrogens with one attached hydrogen (secondary N) is 2. The molecule has 3 aromatic rings. The minimum Gasteiger partial charge on any atom is -0.469 e. The van der Waals surface area contributed by atoms with Crippen LogP contribution in [0.2, 0.25) is 5.02 Å². The molecule has 1 amide bonds. The van der Waals surface area contributed by atoms with Crippen LogP contribution in [0.4, 0.5) is 5.82 Å². The van der Waals surface area contributed by atoms with Gasteiger partial charge in [-0.05, 0) is 55.7 Å². The number of Topliss-reactive ketones (excluding diaryl/α,β-unsaturated/α-hetero) is 1. The van der Waals surface area contributed by atoms with Crippen LogP contribution in [0.3, 0.4) is 0 Å². The number of dihydropyridines is 1. The zero-order chi connectivity index (χ0) is 23.8. The quantitative estimate of drug-likeness (QED) is 0.512. The Labute approximate surface area is 202 Å². The fourth-order valence-corrected chi connectivity index (χ4v) is 5.06. The zero-order valence-corrected chi connectivity index (χ0v) is 19.6. The van der Waals surface area contributed by atoms with E-state index in [1.165, 1.54) is 0 Å². The van der Waals surface area contributed by atoms with E-state index < -0.39 is 5.92 Å². The third kappa shape index (κ3) is 4.05. The maximum atomic E-state index is 13.6. The summed E-state index contributed by atoms with van der Waals surface area (Å²) in [5.74, 6) is 0.249. The summed E-state index contributed by atoms with van der Waals surface area (Å²) >= 11 is 6.61. The molecule has 0 unspecified atom stereocenters. The number of ketones is 1. The van der Waals surface area contributed by atoms with Crippen LogP contribution in [-0.4, -0.2) is 16.7 Å². The summed E-state index contributed by atoms with van der Waals surface area (Å²) in [5.41, 5.74) is 4.26. The first-order valence-electron chi connectivity index (χ1n) is 11.2. The number of hydrogen-bond acceptors (Lipinski definition) is 5. The molecule has 7 heteroatoms. The number of amides is 1. The van der Waals surface area contributed by atoms with E-state index in [-0.39, 0.29) is 17.6 Å². The summed E-state index contributed by atoms with van der Waals surface area (Å²) in [7, 11) is 0. The van der Waals surface area contributed by atoms with Crippen molar-refractivity contribution in [2.24, 2.45) is 0 Å². The molecule has 34 heavy (non-hydrogen) atoms. The van der Waals surface area contributed by atoms with Crippen LogP contribution in [0.5, 0.6) is 0 Å². The van der Waals surface area contributed by atoms with Gasteiger partial charge >= 0.3 is 0 Å². The predicted molar refractivity (Wildman–Crippen MR) is 130 cm³/mol. The molecule has 1 aromatic carbocycles. The molecular weight excluding hydrogens is 450 g/mol. The van der Waals surface area contributed by atoms with Gasteiger partial charge in [-0.15, -0.1) is 0 Å². The molecule has 1 aliphatic heterocycles. The van der Waals surface area contributed by atoms with Crippen LogP contribution in [0.15, 0.2) is 87.9 Å². The van der Waals surface area contributed by atoms with Crippen LogP contribution in [0, 0.1) is 6.92 Å². The van der Waals surface area contributed by atoms with E-state index in [0.717, 1.165) is 22.6 Å². The molecule has 0 radical (unpaired) electrons. The third-order valence-corrected chi connectivity index (χ3v) is 6.73. The Balaban J connectivity index is 1.57. The van der Waals surface area contributed by atoms with Gasteiger partial charge in [0.1, 0.15) is 11.6 Å². The molecule has 6 nitrogen and oxygen atoms in total. The summed E-state index contributed by atoms with van der Waals surface area (Å²) in [6.07, 6.45) is 4.24. The zero-order valence-electron chi connectivity index (χ0n) is 18.9. The highest BCUT2D eigenvalue weighted by Crippen LogP contribution is 2.47. The van der Waals surface area contributed by atoms with Crippen molar-refractivity contribution in [2.75, 3.05) is 5.32 Å². The highest BCUT2D eigenvalue weighted by molar-refractivity contribution is 6.31.